The molecule has 3 aliphatic carbocycles. The molecule has 3 aromatic rings. The summed E-state index contributed by atoms with van der Waals surface area (Å²) in [6, 6.07) is 24.4. The topological polar surface area (TPSA) is 53.0 Å². The molecule has 2 unspecified atom stereocenters. The van der Waals surface area contributed by atoms with Gasteiger partial charge < -0.3 is 4.90 Å². The molecular weight excluding hydrogens is 398 g/mol. The first-order valence-electron chi connectivity index (χ1n) is 10.9. The average Bonchev–Trinajstić information content (AvgIpc) is 3.08. The van der Waals surface area contributed by atoms with Crippen LogP contribution in [0.4, 0.5) is 5.69 Å². The average molecular weight is 422 g/mol. The maximum absolute atomic E-state index is 13.5. The van der Waals surface area contributed by atoms with Crippen molar-refractivity contribution in [3.63, 3.8) is 0 Å². The predicted molar refractivity (Wildman–Crippen MR) is 124 cm³/mol. The first-order valence-corrected chi connectivity index (χ1v) is 10.9. The highest BCUT2D eigenvalue weighted by molar-refractivity contribution is 6.08. The van der Waals surface area contributed by atoms with Crippen LogP contribution < -0.4 is 4.90 Å². The van der Waals surface area contributed by atoms with E-state index in [4.69, 9.17) is 0 Å². The maximum Gasteiger partial charge on any atom is 0.254 e. The molecule has 158 valence electrons. The maximum atomic E-state index is 13.5. The van der Waals surface area contributed by atoms with E-state index in [0.29, 0.717) is 0 Å². The minimum absolute atomic E-state index is 0.103. The summed E-state index contributed by atoms with van der Waals surface area (Å²) in [5.41, 5.74) is 6.61. The number of imide groups is 1. The lowest BCUT2D eigenvalue weighted by Gasteiger charge is -2.45. The number of hydrogen-bond donors (Lipinski definition) is 0. The second-order valence-electron chi connectivity index (χ2n) is 8.98. The number of hydrazone groups is 1. The molecular formula is C27H23N3O2. The third-order valence-corrected chi connectivity index (χ3v) is 7.16. The number of benzene rings is 3. The van der Waals surface area contributed by atoms with Crippen LogP contribution in [0.1, 0.15) is 39.7 Å². The molecule has 5 heteroatoms. The Labute approximate surface area is 187 Å². The van der Waals surface area contributed by atoms with Crippen molar-refractivity contribution in [2.24, 2.45) is 16.9 Å². The van der Waals surface area contributed by atoms with Gasteiger partial charge in [-0.25, -0.2) is 0 Å². The van der Waals surface area contributed by atoms with Gasteiger partial charge in [-0.05, 0) is 39.9 Å². The molecule has 0 aromatic heterocycles. The molecule has 2 atom stereocenters. The Kier molecular flexibility index (Phi) is 4.09. The van der Waals surface area contributed by atoms with Gasteiger partial charge in [0.2, 0.25) is 0 Å². The molecule has 32 heavy (non-hydrogen) atoms. The van der Waals surface area contributed by atoms with Crippen LogP contribution >= 0.6 is 0 Å². The standard InChI is InChI=1S/C27H23N3O2/c1-29(2)17-13-11-16(12-14-17)15-28-30-26(31)24-22-18-7-3-4-8-19(18)23(25(24)27(30)32)21-10-6-5-9-20(21)22/h3-15,22-25H,1-2H3. The zero-order valence-electron chi connectivity index (χ0n) is 18.0. The molecule has 1 saturated heterocycles. The lowest BCUT2D eigenvalue weighted by molar-refractivity contribution is -0.139. The molecule has 0 saturated carbocycles. The van der Waals surface area contributed by atoms with E-state index in [9.17, 15) is 9.59 Å². The minimum Gasteiger partial charge on any atom is -0.378 e. The van der Waals surface area contributed by atoms with E-state index in [1.165, 1.54) is 22.3 Å². The van der Waals surface area contributed by atoms with Gasteiger partial charge in [-0.15, -0.1) is 0 Å². The van der Waals surface area contributed by atoms with Crippen molar-refractivity contribution in [1.82, 2.24) is 5.01 Å². The van der Waals surface area contributed by atoms with E-state index in [2.05, 4.69) is 29.4 Å². The van der Waals surface area contributed by atoms with Crippen molar-refractivity contribution >= 4 is 23.7 Å². The molecule has 5 nitrogen and oxygen atoms in total. The number of carbonyl (C=O) groups excluding carboxylic acids is 2. The summed E-state index contributed by atoms with van der Waals surface area (Å²) in [5.74, 6) is -1.39. The Morgan fingerprint density at radius 1 is 0.719 bits per heavy atom. The Bertz CT molecular complexity index is 1160. The fourth-order valence-corrected chi connectivity index (χ4v) is 5.76. The third kappa shape index (κ3) is 2.54. The first kappa shape index (κ1) is 19.0. The van der Waals surface area contributed by atoms with Crippen molar-refractivity contribution in [3.05, 3.63) is 101 Å². The molecule has 0 radical (unpaired) electrons. The van der Waals surface area contributed by atoms with Crippen molar-refractivity contribution in [2.45, 2.75) is 11.8 Å². The van der Waals surface area contributed by atoms with E-state index in [1.807, 2.05) is 67.5 Å². The van der Waals surface area contributed by atoms with Crippen LogP contribution in [0.25, 0.3) is 0 Å². The van der Waals surface area contributed by atoms with Gasteiger partial charge in [-0.1, -0.05) is 60.7 Å². The SMILES string of the molecule is CN(C)c1ccc(C=NN2C(=O)C3C4c5ccccc5C(c5ccccc54)C3C2=O)cc1. The van der Waals surface area contributed by atoms with Crippen molar-refractivity contribution in [1.29, 1.82) is 0 Å². The summed E-state index contributed by atoms with van der Waals surface area (Å²) in [6.07, 6.45) is 1.61. The van der Waals surface area contributed by atoms with Gasteiger partial charge in [0.05, 0.1) is 18.1 Å². The summed E-state index contributed by atoms with van der Waals surface area (Å²) in [7, 11) is 3.97. The van der Waals surface area contributed by atoms with Crippen LogP contribution in [0.3, 0.4) is 0 Å². The minimum atomic E-state index is -0.398. The number of amides is 2. The fourth-order valence-electron chi connectivity index (χ4n) is 5.76. The van der Waals surface area contributed by atoms with Crippen LogP contribution in [-0.4, -0.2) is 37.1 Å². The van der Waals surface area contributed by atoms with Crippen molar-refractivity contribution in [2.75, 3.05) is 19.0 Å². The molecule has 2 bridgehead atoms. The summed E-state index contributed by atoms with van der Waals surface area (Å²) in [5, 5.41) is 5.49. The van der Waals surface area contributed by atoms with E-state index >= 15 is 0 Å². The van der Waals surface area contributed by atoms with Gasteiger partial charge in [0.25, 0.3) is 11.8 Å². The zero-order chi connectivity index (χ0) is 22.0. The quantitative estimate of drug-likeness (QED) is 0.475. The summed E-state index contributed by atoms with van der Waals surface area (Å²) < 4.78 is 0. The fraction of sp³-hybridized carbons (Fsp3) is 0.222. The van der Waals surface area contributed by atoms with E-state index in [0.717, 1.165) is 16.3 Å². The van der Waals surface area contributed by atoms with Crippen LogP contribution in [0.2, 0.25) is 0 Å². The summed E-state index contributed by atoms with van der Waals surface area (Å²) in [6.45, 7) is 0. The van der Waals surface area contributed by atoms with Gasteiger partial charge in [0, 0.05) is 31.6 Å². The Morgan fingerprint density at radius 3 is 1.56 bits per heavy atom. The van der Waals surface area contributed by atoms with Gasteiger partial charge in [-0.2, -0.15) is 10.1 Å². The molecule has 1 heterocycles. The zero-order valence-corrected chi connectivity index (χ0v) is 18.0. The van der Waals surface area contributed by atoms with Gasteiger partial charge in [-0.3, -0.25) is 9.59 Å². The van der Waals surface area contributed by atoms with E-state index in [-0.39, 0.29) is 23.7 Å². The van der Waals surface area contributed by atoms with Crippen molar-refractivity contribution in [3.8, 4) is 0 Å². The van der Waals surface area contributed by atoms with Crippen LogP contribution in [0, 0.1) is 11.8 Å². The molecule has 4 aliphatic rings. The van der Waals surface area contributed by atoms with Gasteiger partial charge in [0.15, 0.2) is 0 Å². The van der Waals surface area contributed by atoms with Crippen LogP contribution in [-0.2, 0) is 9.59 Å². The molecule has 1 aliphatic heterocycles. The highest BCUT2D eigenvalue weighted by Crippen LogP contribution is 2.60. The predicted octanol–water partition coefficient (Wildman–Crippen LogP) is 3.98. The molecule has 0 spiro atoms. The summed E-state index contributed by atoms with van der Waals surface area (Å²) in [4.78, 5) is 29.0. The Morgan fingerprint density at radius 2 is 1.16 bits per heavy atom. The first-order chi connectivity index (χ1) is 15.6. The van der Waals surface area contributed by atoms with Gasteiger partial charge >= 0.3 is 0 Å². The monoisotopic (exact) mass is 421 g/mol. The highest BCUT2D eigenvalue weighted by Gasteiger charge is 2.61. The molecule has 0 N–H and O–H groups in total. The lowest BCUT2D eigenvalue weighted by Crippen LogP contribution is -2.41. The number of rotatable bonds is 3. The van der Waals surface area contributed by atoms with Crippen LogP contribution in [0.15, 0.2) is 77.9 Å². The van der Waals surface area contributed by atoms with Crippen LogP contribution in [0.5, 0.6) is 0 Å². The molecule has 1 fully saturated rings. The lowest BCUT2D eigenvalue weighted by atomic mass is 9.55. The van der Waals surface area contributed by atoms with Gasteiger partial charge in [0.1, 0.15) is 0 Å². The summed E-state index contributed by atoms with van der Waals surface area (Å²) >= 11 is 0. The third-order valence-electron chi connectivity index (χ3n) is 7.16. The largest absolute Gasteiger partial charge is 0.378 e. The number of carbonyl (C=O) groups is 2. The van der Waals surface area contributed by atoms with E-state index in [1.54, 1.807) is 6.21 Å². The Balaban J connectivity index is 1.39. The number of anilines is 1. The molecule has 7 rings (SSSR count). The smallest absolute Gasteiger partial charge is 0.254 e. The Hall–Kier alpha value is -3.73. The highest BCUT2D eigenvalue weighted by atomic mass is 16.2. The van der Waals surface area contributed by atoms with E-state index < -0.39 is 11.8 Å². The number of nitrogens with zero attached hydrogens (tertiary/aromatic N) is 3. The normalized spacial score (nSPS) is 25.1. The number of hydrogen-bond acceptors (Lipinski definition) is 4. The molecule has 2 amide bonds. The molecule has 3 aromatic carbocycles. The second kappa shape index (κ2) is 6.89. The van der Waals surface area contributed by atoms with Crippen molar-refractivity contribution < 1.29 is 9.59 Å². The second-order valence-corrected chi connectivity index (χ2v) is 8.98.